The molecule has 176 valence electrons. The van der Waals surface area contributed by atoms with Crippen LogP contribution in [0.1, 0.15) is 52.1 Å². The summed E-state index contributed by atoms with van der Waals surface area (Å²) in [4.78, 5) is 22.5. The highest BCUT2D eigenvalue weighted by Gasteiger charge is 2.15. The van der Waals surface area contributed by atoms with Gasteiger partial charge in [-0.15, -0.1) is 0 Å². The lowest BCUT2D eigenvalue weighted by atomic mass is 10.0. The Morgan fingerprint density at radius 1 is 1.18 bits per heavy atom. The number of hydrogen-bond donors (Lipinski definition) is 2. The van der Waals surface area contributed by atoms with Crippen LogP contribution in [-0.2, 0) is 13.0 Å². The Morgan fingerprint density at radius 2 is 1.94 bits per heavy atom. The van der Waals surface area contributed by atoms with E-state index in [4.69, 9.17) is 16.9 Å². The number of aliphatic hydroxyl groups is 1. The molecule has 1 aromatic carbocycles. The fourth-order valence-corrected chi connectivity index (χ4v) is 3.72. The molecule has 0 unspecified atom stereocenters. The third-order valence-electron chi connectivity index (χ3n) is 5.60. The van der Waals surface area contributed by atoms with Crippen molar-refractivity contribution < 1.29 is 9.90 Å². The maximum Gasteiger partial charge on any atom is 0.253 e. The van der Waals surface area contributed by atoms with Gasteiger partial charge in [0.1, 0.15) is 11.2 Å². The van der Waals surface area contributed by atoms with Gasteiger partial charge in [0.05, 0.1) is 11.7 Å². The normalized spacial score (nSPS) is 12.6. The lowest BCUT2D eigenvalue weighted by molar-refractivity contribution is 0.0785. The van der Waals surface area contributed by atoms with Gasteiger partial charge in [0, 0.05) is 55.9 Å². The second-order valence-corrected chi connectivity index (χ2v) is 8.59. The molecule has 2 aromatic heterocycles. The Labute approximate surface area is 205 Å². The third-order valence-corrected chi connectivity index (χ3v) is 5.82. The topological polar surface area (TPSA) is 102 Å². The summed E-state index contributed by atoms with van der Waals surface area (Å²) >= 11 is 5.81. The minimum atomic E-state index is -0.668. The lowest BCUT2D eigenvalue weighted by Gasteiger charge is -2.20. The first-order chi connectivity index (χ1) is 16.4. The molecule has 0 radical (unpaired) electrons. The van der Waals surface area contributed by atoms with Gasteiger partial charge in [-0.05, 0) is 48.2 Å². The van der Waals surface area contributed by atoms with Gasteiger partial charge in [-0.1, -0.05) is 36.7 Å². The molecule has 3 aromatic rings. The summed E-state index contributed by atoms with van der Waals surface area (Å²) in [7, 11) is 1.73. The first kappa shape index (κ1) is 25.3. The van der Waals surface area contributed by atoms with Crippen LogP contribution < -0.4 is 5.32 Å². The molecule has 34 heavy (non-hydrogen) atoms. The Hall–Kier alpha value is -3.31. The number of nitriles is 1. The van der Waals surface area contributed by atoms with Crippen molar-refractivity contribution in [3.8, 4) is 6.07 Å². The molecule has 8 heteroatoms. The highest BCUT2D eigenvalue weighted by molar-refractivity contribution is 6.29. The Kier molecular flexibility index (Phi) is 9.11. The van der Waals surface area contributed by atoms with Crippen molar-refractivity contribution in [2.24, 2.45) is 0 Å². The van der Waals surface area contributed by atoms with E-state index in [1.165, 1.54) is 6.20 Å². The molecule has 0 aliphatic heterocycles. The van der Waals surface area contributed by atoms with Gasteiger partial charge in [0.15, 0.2) is 0 Å². The van der Waals surface area contributed by atoms with Crippen LogP contribution in [0.4, 0.5) is 0 Å². The molecule has 0 aliphatic carbocycles. The zero-order chi connectivity index (χ0) is 24.5. The third kappa shape index (κ3) is 7.09. The van der Waals surface area contributed by atoms with Crippen LogP contribution >= 0.6 is 11.6 Å². The van der Waals surface area contributed by atoms with Crippen molar-refractivity contribution in [1.29, 1.82) is 5.26 Å². The van der Waals surface area contributed by atoms with E-state index in [1.54, 1.807) is 42.5 Å². The molecule has 7 nitrogen and oxygen atoms in total. The van der Waals surface area contributed by atoms with Crippen molar-refractivity contribution in [3.63, 3.8) is 0 Å². The van der Waals surface area contributed by atoms with Gasteiger partial charge in [-0.2, -0.15) is 5.26 Å². The minimum absolute atomic E-state index is 0.0984. The molecule has 0 aliphatic rings. The van der Waals surface area contributed by atoms with Crippen LogP contribution in [0.25, 0.3) is 0 Å². The first-order valence-corrected chi connectivity index (χ1v) is 11.5. The fourth-order valence-electron chi connectivity index (χ4n) is 3.61. The highest BCUT2D eigenvalue weighted by Crippen LogP contribution is 2.15. The molecule has 3 rings (SSSR count). The summed E-state index contributed by atoms with van der Waals surface area (Å²) in [5, 5.41) is 23.2. The zero-order valence-electron chi connectivity index (χ0n) is 19.3. The number of aromatic nitrogens is 2. The minimum Gasteiger partial charge on any atom is -0.387 e. The van der Waals surface area contributed by atoms with Gasteiger partial charge >= 0.3 is 0 Å². The van der Waals surface area contributed by atoms with E-state index in [0.717, 1.165) is 24.0 Å². The van der Waals surface area contributed by atoms with Crippen LogP contribution in [0.2, 0.25) is 5.15 Å². The van der Waals surface area contributed by atoms with Crippen molar-refractivity contribution in [2.45, 2.75) is 38.5 Å². The summed E-state index contributed by atoms with van der Waals surface area (Å²) in [5.74, 6) is -0.0984. The van der Waals surface area contributed by atoms with E-state index >= 15 is 0 Å². The molecule has 2 atom stereocenters. The standard InChI is InChI=1S/C26H28ClN5O2/c1-3-23(30-16-24(33)22-8-9-25(27)31-15-22)11-18-4-6-21(7-5-18)26(34)32(2)17-20-10-19(12-28)13-29-14-20/h4-10,13-15,23-24,30,33H,3,11,16-17H2,1-2H3/t23-,24-/m0/s1. The number of halogens is 1. The SMILES string of the molecule is CC[C@@H](Cc1ccc(C(=O)N(C)Cc2cncc(C#N)c2)cc1)NC[C@H](O)c1ccc(Cl)nc1. The predicted octanol–water partition coefficient (Wildman–Crippen LogP) is 3.92. The van der Waals surface area contributed by atoms with Gasteiger partial charge in [-0.25, -0.2) is 4.98 Å². The lowest BCUT2D eigenvalue weighted by Crippen LogP contribution is -2.34. The van der Waals surface area contributed by atoms with Gasteiger partial charge in [0.25, 0.3) is 5.91 Å². The zero-order valence-corrected chi connectivity index (χ0v) is 20.0. The average molecular weight is 478 g/mol. The maximum atomic E-state index is 12.8. The van der Waals surface area contributed by atoms with Crippen molar-refractivity contribution in [1.82, 2.24) is 20.2 Å². The quantitative estimate of drug-likeness (QED) is 0.429. The molecule has 2 N–H and O–H groups in total. The van der Waals surface area contributed by atoms with E-state index in [2.05, 4.69) is 28.3 Å². The van der Waals surface area contributed by atoms with E-state index < -0.39 is 6.10 Å². The maximum absolute atomic E-state index is 12.8. The van der Waals surface area contributed by atoms with Crippen molar-refractivity contribution in [3.05, 3.63) is 94.0 Å². The Balaban J connectivity index is 1.54. The molecule has 0 spiro atoms. The number of rotatable bonds is 10. The largest absolute Gasteiger partial charge is 0.387 e. The highest BCUT2D eigenvalue weighted by atomic mass is 35.5. The number of nitrogens with zero attached hydrogens (tertiary/aromatic N) is 4. The molecular formula is C26H28ClN5O2. The number of aliphatic hydroxyl groups excluding tert-OH is 1. The molecule has 0 saturated heterocycles. The van der Waals surface area contributed by atoms with Crippen LogP contribution in [0.5, 0.6) is 0 Å². The second-order valence-electron chi connectivity index (χ2n) is 8.20. The number of benzene rings is 1. The smallest absolute Gasteiger partial charge is 0.253 e. The number of carbonyl (C=O) groups is 1. The van der Waals surface area contributed by atoms with E-state index in [1.807, 2.05) is 24.3 Å². The summed E-state index contributed by atoms with van der Waals surface area (Å²) in [6, 6.07) is 15.0. The van der Waals surface area contributed by atoms with Crippen molar-refractivity contribution >= 4 is 17.5 Å². The number of hydrogen-bond acceptors (Lipinski definition) is 6. The monoisotopic (exact) mass is 477 g/mol. The number of pyridine rings is 2. The molecular weight excluding hydrogens is 450 g/mol. The summed E-state index contributed by atoms with van der Waals surface area (Å²) < 4.78 is 0. The molecule has 2 heterocycles. The fraction of sp³-hybridized carbons (Fsp3) is 0.308. The second kappa shape index (κ2) is 12.2. The Morgan fingerprint density at radius 3 is 2.59 bits per heavy atom. The van der Waals surface area contributed by atoms with E-state index in [9.17, 15) is 9.90 Å². The van der Waals surface area contributed by atoms with Gasteiger partial charge in [0.2, 0.25) is 0 Å². The van der Waals surface area contributed by atoms with Crippen LogP contribution in [0, 0.1) is 11.3 Å². The number of nitrogens with one attached hydrogen (secondary N) is 1. The predicted molar refractivity (Wildman–Crippen MR) is 131 cm³/mol. The van der Waals surface area contributed by atoms with Gasteiger partial charge < -0.3 is 15.3 Å². The van der Waals surface area contributed by atoms with E-state index in [-0.39, 0.29) is 11.9 Å². The molecule has 0 fully saturated rings. The van der Waals surface area contributed by atoms with E-state index in [0.29, 0.717) is 34.9 Å². The summed E-state index contributed by atoms with van der Waals surface area (Å²) in [6.07, 6.45) is 5.74. The number of carbonyl (C=O) groups excluding carboxylic acids is 1. The molecule has 0 bridgehead atoms. The summed E-state index contributed by atoms with van der Waals surface area (Å²) in [5.41, 5.74) is 3.70. The number of amides is 1. The molecule has 0 saturated carbocycles. The first-order valence-electron chi connectivity index (χ1n) is 11.1. The molecule has 1 amide bonds. The van der Waals surface area contributed by atoms with Crippen LogP contribution in [-0.4, -0.2) is 45.5 Å². The Bertz CT molecular complexity index is 1130. The summed E-state index contributed by atoms with van der Waals surface area (Å²) in [6.45, 7) is 2.87. The van der Waals surface area contributed by atoms with Crippen LogP contribution in [0.15, 0.2) is 61.1 Å². The average Bonchev–Trinajstić information content (AvgIpc) is 2.86. The van der Waals surface area contributed by atoms with Crippen molar-refractivity contribution in [2.75, 3.05) is 13.6 Å². The van der Waals surface area contributed by atoms with Crippen LogP contribution in [0.3, 0.4) is 0 Å². The van der Waals surface area contributed by atoms with Gasteiger partial charge in [-0.3, -0.25) is 9.78 Å².